The first-order valence-electron chi connectivity index (χ1n) is 8.66. The van der Waals surface area contributed by atoms with E-state index in [1.54, 1.807) is 0 Å². The van der Waals surface area contributed by atoms with Crippen LogP contribution >= 0.6 is 39.5 Å². The molecule has 0 unspecified atom stereocenters. The Balaban J connectivity index is 1.78. The van der Waals surface area contributed by atoms with Crippen molar-refractivity contribution in [3.05, 3.63) is 80.2 Å². The van der Waals surface area contributed by atoms with Crippen LogP contribution in [-0.4, -0.2) is 15.3 Å². The minimum atomic E-state index is -4.48. The van der Waals surface area contributed by atoms with Crippen molar-refractivity contribution in [2.24, 2.45) is 0 Å². The lowest BCUT2D eigenvalue weighted by Gasteiger charge is -2.15. The Morgan fingerprint density at radius 3 is 2.66 bits per heavy atom. The number of aromatic nitrogens is 2. The van der Waals surface area contributed by atoms with E-state index in [1.165, 1.54) is 40.2 Å². The molecule has 0 saturated carbocycles. The molecule has 0 aliphatic carbocycles. The second-order valence-electron chi connectivity index (χ2n) is 6.37. The maximum Gasteiger partial charge on any atom is 0.416 e. The zero-order valence-electron chi connectivity index (χ0n) is 14.9. The molecular weight excluding hydrogens is 485 g/mol. The normalized spacial score (nSPS) is 13.5. The summed E-state index contributed by atoms with van der Waals surface area (Å²) < 4.78 is 41.8. The molecule has 2 heterocycles. The summed E-state index contributed by atoms with van der Waals surface area (Å²) in [7, 11) is 0. The molecule has 2 aromatic carbocycles. The number of benzene rings is 2. The molecule has 0 atom stereocenters. The third-order valence-corrected chi connectivity index (χ3v) is 7.03. The number of alkyl halides is 3. The molecule has 0 amide bonds. The largest absolute Gasteiger partial charge is 0.416 e. The average Bonchev–Trinajstić information content (AvgIpc) is 3.16. The minimum absolute atomic E-state index is 0.172. The van der Waals surface area contributed by atoms with E-state index >= 15 is 0 Å². The summed E-state index contributed by atoms with van der Waals surface area (Å²) in [5.74, 6) is 1.30. The topological polar surface area (TPSA) is 34.9 Å². The molecule has 0 spiro atoms. The van der Waals surface area contributed by atoms with E-state index in [0.29, 0.717) is 22.2 Å². The lowest BCUT2D eigenvalue weighted by atomic mass is 10.2. The first-order valence-corrected chi connectivity index (χ1v) is 11.4. The van der Waals surface area contributed by atoms with Crippen molar-refractivity contribution in [3.63, 3.8) is 0 Å². The maximum absolute atomic E-state index is 13.2. The number of fused-ring (bicyclic) bond motifs is 1. The predicted octanol–water partition coefficient (Wildman–Crippen LogP) is 5.95. The second-order valence-corrected chi connectivity index (χ2v) is 9.34. The highest BCUT2D eigenvalue weighted by molar-refractivity contribution is 9.10. The summed E-state index contributed by atoms with van der Waals surface area (Å²) in [6, 6.07) is 12.6. The number of thioether (sulfide) groups is 2. The fourth-order valence-corrected chi connectivity index (χ4v) is 5.24. The minimum Gasteiger partial charge on any atom is -0.268 e. The molecule has 29 heavy (non-hydrogen) atoms. The summed E-state index contributed by atoms with van der Waals surface area (Å²) in [6.45, 7) is 0. The number of aryl methyl sites for hydroxylation is 1. The zero-order chi connectivity index (χ0) is 20.6. The number of nitrogens with zero attached hydrogens (tertiary/aromatic N) is 2. The van der Waals surface area contributed by atoms with Crippen LogP contribution in [0.4, 0.5) is 13.2 Å². The van der Waals surface area contributed by atoms with Crippen molar-refractivity contribution in [1.29, 1.82) is 0 Å². The van der Waals surface area contributed by atoms with E-state index in [2.05, 4.69) is 20.9 Å². The van der Waals surface area contributed by atoms with Gasteiger partial charge in [-0.3, -0.25) is 9.36 Å². The number of hydrogen-bond donors (Lipinski definition) is 0. The van der Waals surface area contributed by atoms with Crippen molar-refractivity contribution in [1.82, 2.24) is 9.55 Å². The molecule has 3 nitrogen and oxygen atoms in total. The molecule has 150 valence electrons. The van der Waals surface area contributed by atoms with E-state index in [0.717, 1.165) is 33.6 Å². The summed E-state index contributed by atoms with van der Waals surface area (Å²) in [6.07, 6.45) is -3.80. The van der Waals surface area contributed by atoms with Gasteiger partial charge in [0.05, 0.1) is 21.8 Å². The van der Waals surface area contributed by atoms with Gasteiger partial charge in [0.25, 0.3) is 5.56 Å². The molecule has 0 bridgehead atoms. The Morgan fingerprint density at radius 2 is 1.93 bits per heavy atom. The van der Waals surface area contributed by atoms with Gasteiger partial charge in [-0.2, -0.15) is 13.2 Å². The predicted molar refractivity (Wildman–Crippen MR) is 113 cm³/mol. The van der Waals surface area contributed by atoms with Gasteiger partial charge >= 0.3 is 6.18 Å². The first-order chi connectivity index (χ1) is 13.8. The maximum atomic E-state index is 13.2. The highest BCUT2D eigenvalue weighted by atomic mass is 79.9. The van der Waals surface area contributed by atoms with Crippen molar-refractivity contribution >= 4 is 39.5 Å². The first kappa shape index (κ1) is 20.6. The van der Waals surface area contributed by atoms with Crippen molar-refractivity contribution in [2.75, 3.05) is 5.75 Å². The summed E-state index contributed by atoms with van der Waals surface area (Å²) in [5, 5.41) is 0.401. The highest BCUT2D eigenvalue weighted by Gasteiger charge is 2.31. The number of hydrogen-bond acceptors (Lipinski definition) is 4. The van der Waals surface area contributed by atoms with Gasteiger partial charge in [-0.15, -0.1) is 11.8 Å². The summed E-state index contributed by atoms with van der Waals surface area (Å²) in [5.41, 5.74) is 0.819. The molecular formula is C20H14BrF3N2OS2. The van der Waals surface area contributed by atoms with Crippen LogP contribution in [0.2, 0.25) is 0 Å². The van der Waals surface area contributed by atoms with E-state index < -0.39 is 11.7 Å². The molecule has 0 fully saturated rings. The quantitative estimate of drug-likeness (QED) is 0.328. The number of halogens is 4. The lowest BCUT2D eigenvalue weighted by Crippen LogP contribution is -2.24. The second kappa shape index (κ2) is 8.20. The molecule has 0 N–H and O–H groups in total. The third-order valence-electron chi connectivity index (χ3n) is 4.38. The van der Waals surface area contributed by atoms with Crippen molar-refractivity contribution < 1.29 is 13.2 Å². The van der Waals surface area contributed by atoms with Crippen LogP contribution in [-0.2, 0) is 18.3 Å². The smallest absolute Gasteiger partial charge is 0.268 e. The standard InChI is InChI=1S/C20H14BrF3N2OS2/c21-14-6-4-12(5-7-14)11-29-19-25-16-8-9-28-17(16)18(27)26(19)15-3-1-2-13(10-15)20(22,23)24/h1-7,10H,8-9,11H2. The molecule has 3 aromatic rings. The molecule has 4 rings (SSSR count). The van der Waals surface area contributed by atoms with Crippen molar-refractivity contribution in [3.8, 4) is 5.69 Å². The van der Waals surface area contributed by atoms with Gasteiger partial charge in [0.2, 0.25) is 0 Å². The fourth-order valence-electron chi connectivity index (χ4n) is 2.97. The molecule has 1 aromatic heterocycles. The average molecular weight is 499 g/mol. The SMILES string of the molecule is O=c1c2c(nc(SCc3ccc(Br)cc3)n1-c1cccc(C(F)(F)F)c1)CCS2. The van der Waals surface area contributed by atoms with Crippen LogP contribution in [0.3, 0.4) is 0 Å². The van der Waals surface area contributed by atoms with Crippen LogP contribution < -0.4 is 5.56 Å². The Morgan fingerprint density at radius 1 is 1.17 bits per heavy atom. The van der Waals surface area contributed by atoms with E-state index in [9.17, 15) is 18.0 Å². The van der Waals surface area contributed by atoms with Gasteiger partial charge in [0.15, 0.2) is 5.16 Å². The van der Waals surface area contributed by atoms with E-state index in [1.807, 2.05) is 24.3 Å². The van der Waals surface area contributed by atoms with Gasteiger partial charge in [-0.05, 0) is 35.9 Å². The molecule has 1 aliphatic rings. The monoisotopic (exact) mass is 498 g/mol. The van der Waals surface area contributed by atoms with Crippen LogP contribution in [0.25, 0.3) is 5.69 Å². The third kappa shape index (κ3) is 4.41. The summed E-state index contributed by atoms with van der Waals surface area (Å²) in [4.78, 5) is 18.3. The van der Waals surface area contributed by atoms with E-state index in [4.69, 9.17) is 0 Å². The van der Waals surface area contributed by atoms with Crippen molar-refractivity contribution in [2.45, 2.75) is 28.4 Å². The fraction of sp³-hybridized carbons (Fsp3) is 0.200. The van der Waals surface area contributed by atoms with Gasteiger partial charge in [0, 0.05) is 22.4 Å². The van der Waals surface area contributed by atoms with E-state index in [-0.39, 0.29) is 11.2 Å². The van der Waals surface area contributed by atoms with Crippen LogP contribution in [0.15, 0.2) is 67.9 Å². The molecule has 0 radical (unpaired) electrons. The van der Waals surface area contributed by atoms with Gasteiger partial charge < -0.3 is 0 Å². The lowest BCUT2D eigenvalue weighted by molar-refractivity contribution is -0.137. The zero-order valence-corrected chi connectivity index (χ0v) is 18.1. The Kier molecular flexibility index (Phi) is 5.81. The van der Waals surface area contributed by atoms with Gasteiger partial charge in [-0.1, -0.05) is 45.9 Å². The highest BCUT2D eigenvalue weighted by Crippen LogP contribution is 2.33. The Bertz CT molecular complexity index is 1110. The number of rotatable bonds is 4. The van der Waals surface area contributed by atoms with Crippen LogP contribution in [0.1, 0.15) is 16.8 Å². The van der Waals surface area contributed by atoms with Crippen LogP contribution in [0.5, 0.6) is 0 Å². The molecule has 1 aliphatic heterocycles. The molecule has 9 heteroatoms. The van der Waals surface area contributed by atoms with Crippen LogP contribution in [0, 0.1) is 0 Å². The molecule has 0 saturated heterocycles. The van der Waals surface area contributed by atoms with Gasteiger partial charge in [0.1, 0.15) is 0 Å². The summed E-state index contributed by atoms with van der Waals surface area (Å²) >= 11 is 6.14. The van der Waals surface area contributed by atoms with Gasteiger partial charge in [-0.25, -0.2) is 4.98 Å². The Labute approximate surface area is 181 Å². The Hall–Kier alpha value is -1.71.